The number of ether oxygens (including phenoxy) is 3. The van der Waals surface area contributed by atoms with Gasteiger partial charge in [0.2, 0.25) is 0 Å². The molecule has 10 heteroatoms. The lowest BCUT2D eigenvalue weighted by Gasteiger charge is -2.15. The summed E-state index contributed by atoms with van der Waals surface area (Å²) in [5.41, 5.74) is 2.54. The van der Waals surface area contributed by atoms with Gasteiger partial charge in [0.1, 0.15) is 30.6 Å². The minimum atomic E-state index is -0.584. The van der Waals surface area contributed by atoms with E-state index in [2.05, 4.69) is 5.32 Å². The van der Waals surface area contributed by atoms with Crippen LogP contribution < -0.4 is 19.5 Å². The molecule has 0 bridgehead atoms. The van der Waals surface area contributed by atoms with Crippen LogP contribution >= 0.6 is 46.4 Å². The lowest BCUT2D eigenvalue weighted by atomic mass is 10.1. The second kappa shape index (κ2) is 14.9. The minimum absolute atomic E-state index is 0.127. The molecule has 4 aromatic carbocycles. The van der Waals surface area contributed by atoms with Gasteiger partial charge in [-0.2, -0.15) is 5.26 Å². The molecule has 0 spiro atoms. The number of carbonyl (C=O) groups excluding carboxylic acids is 1. The molecule has 0 aromatic heterocycles. The average molecular weight is 642 g/mol. The van der Waals surface area contributed by atoms with Crippen molar-refractivity contribution in [2.24, 2.45) is 0 Å². The van der Waals surface area contributed by atoms with Crippen molar-refractivity contribution in [1.82, 2.24) is 0 Å². The summed E-state index contributed by atoms with van der Waals surface area (Å²) >= 11 is 24.7. The zero-order valence-corrected chi connectivity index (χ0v) is 25.3. The van der Waals surface area contributed by atoms with Crippen LogP contribution in [0.1, 0.15) is 23.6 Å². The SMILES string of the molecule is CCOc1cc(/C=C(\C#N)C(=O)Nc2ccc(OCc3ccc(Cl)cc3)cc2)cc(Cl)c1OCc1ccc(Cl)cc1Cl. The number of benzene rings is 4. The summed E-state index contributed by atoms with van der Waals surface area (Å²) in [5.74, 6) is 0.702. The molecule has 1 amide bonds. The molecule has 1 N–H and O–H groups in total. The van der Waals surface area contributed by atoms with Crippen LogP contribution in [0.5, 0.6) is 17.2 Å². The highest BCUT2D eigenvalue weighted by atomic mass is 35.5. The van der Waals surface area contributed by atoms with Crippen molar-refractivity contribution >= 4 is 64.1 Å². The van der Waals surface area contributed by atoms with E-state index in [0.29, 0.717) is 62.3 Å². The lowest BCUT2D eigenvalue weighted by molar-refractivity contribution is -0.112. The number of anilines is 1. The number of nitriles is 1. The predicted molar refractivity (Wildman–Crippen MR) is 168 cm³/mol. The Morgan fingerprint density at radius 2 is 1.55 bits per heavy atom. The van der Waals surface area contributed by atoms with Gasteiger partial charge in [0.05, 0.1) is 11.6 Å². The number of hydrogen-bond donors (Lipinski definition) is 1. The topological polar surface area (TPSA) is 80.6 Å². The Bertz CT molecular complexity index is 1630. The Morgan fingerprint density at radius 3 is 2.21 bits per heavy atom. The van der Waals surface area contributed by atoms with E-state index in [1.54, 1.807) is 66.7 Å². The van der Waals surface area contributed by atoms with Crippen LogP contribution in [0.4, 0.5) is 5.69 Å². The third-order valence-corrected chi connectivity index (χ3v) is 6.95. The van der Waals surface area contributed by atoms with Crippen LogP contribution in [-0.2, 0) is 18.0 Å². The molecule has 0 radical (unpaired) electrons. The van der Waals surface area contributed by atoms with Crippen molar-refractivity contribution < 1.29 is 19.0 Å². The molecule has 0 fully saturated rings. The van der Waals surface area contributed by atoms with E-state index in [-0.39, 0.29) is 17.2 Å². The van der Waals surface area contributed by atoms with Gasteiger partial charge in [0, 0.05) is 26.3 Å². The molecule has 4 aromatic rings. The normalized spacial score (nSPS) is 11.0. The fraction of sp³-hybridized carbons (Fsp3) is 0.125. The molecular formula is C32H24Cl4N2O4. The number of nitrogens with one attached hydrogen (secondary N) is 1. The first-order valence-electron chi connectivity index (χ1n) is 12.7. The van der Waals surface area contributed by atoms with E-state index in [4.69, 9.17) is 60.6 Å². The largest absolute Gasteiger partial charge is 0.490 e. The first kappa shape index (κ1) is 31.1. The Hall–Kier alpha value is -3.86. The van der Waals surface area contributed by atoms with E-state index >= 15 is 0 Å². The van der Waals surface area contributed by atoms with Gasteiger partial charge in [-0.15, -0.1) is 0 Å². The molecule has 0 unspecified atom stereocenters. The standard InChI is InChI=1S/C32H24Cl4N2O4/c1-2-40-30-15-21(14-29(36)31(30)42-19-22-5-8-25(34)16-28(22)35)13-23(17-37)32(39)38-26-9-11-27(12-10-26)41-18-20-3-6-24(33)7-4-20/h3-16H,2,18-19H2,1H3,(H,38,39)/b23-13+. The quantitative estimate of drug-likeness (QED) is 0.130. The molecule has 0 aliphatic heterocycles. The number of halogens is 4. The van der Waals surface area contributed by atoms with Crippen LogP contribution in [0.3, 0.4) is 0 Å². The van der Waals surface area contributed by atoms with Gasteiger partial charge >= 0.3 is 0 Å². The fourth-order valence-corrected chi connectivity index (χ4v) is 4.62. The van der Waals surface area contributed by atoms with Gasteiger partial charge in [-0.3, -0.25) is 4.79 Å². The second-order valence-corrected chi connectivity index (χ2v) is 10.5. The van der Waals surface area contributed by atoms with E-state index in [0.717, 1.165) is 5.56 Å². The highest BCUT2D eigenvalue weighted by molar-refractivity contribution is 6.35. The molecule has 42 heavy (non-hydrogen) atoms. The summed E-state index contributed by atoms with van der Waals surface area (Å²) in [6.07, 6.45) is 1.42. The molecule has 0 aliphatic carbocycles. The molecule has 0 heterocycles. The van der Waals surface area contributed by atoms with Gasteiger partial charge in [-0.1, -0.05) is 64.6 Å². The number of carbonyl (C=O) groups is 1. The highest BCUT2D eigenvalue weighted by Crippen LogP contribution is 2.38. The van der Waals surface area contributed by atoms with Crippen LogP contribution in [0.2, 0.25) is 20.1 Å². The summed E-state index contributed by atoms with van der Waals surface area (Å²) < 4.78 is 17.4. The second-order valence-electron chi connectivity index (χ2n) is 8.85. The molecule has 0 saturated carbocycles. The summed E-state index contributed by atoms with van der Waals surface area (Å²) in [6, 6.07) is 24.5. The summed E-state index contributed by atoms with van der Waals surface area (Å²) in [6.45, 7) is 2.65. The molecule has 0 saturated heterocycles. The smallest absolute Gasteiger partial charge is 0.266 e. The van der Waals surface area contributed by atoms with Gasteiger partial charge in [-0.25, -0.2) is 0 Å². The Balaban J connectivity index is 1.44. The number of rotatable bonds is 11. The Kier molecular flexibility index (Phi) is 11.0. The average Bonchev–Trinajstić information content (AvgIpc) is 2.97. The van der Waals surface area contributed by atoms with Crippen molar-refractivity contribution in [2.75, 3.05) is 11.9 Å². The van der Waals surface area contributed by atoms with Gasteiger partial charge in [-0.05, 0) is 84.8 Å². The van der Waals surface area contributed by atoms with Crippen LogP contribution in [0.15, 0.2) is 84.4 Å². The first-order chi connectivity index (χ1) is 20.2. The van der Waals surface area contributed by atoms with Crippen molar-refractivity contribution in [2.45, 2.75) is 20.1 Å². The third-order valence-electron chi connectivity index (χ3n) is 5.83. The number of amides is 1. The molecular weight excluding hydrogens is 618 g/mol. The van der Waals surface area contributed by atoms with Crippen LogP contribution in [-0.4, -0.2) is 12.5 Å². The zero-order valence-electron chi connectivity index (χ0n) is 22.3. The number of hydrogen-bond acceptors (Lipinski definition) is 5. The van der Waals surface area contributed by atoms with Crippen LogP contribution in [0.25, 0.3) is 6.08 Å². The van der Waals surface area contributed by atoms with E-state index in [1.807, 2.05) is 25.1 Å². The third kappa shape index (κ3) is 8.58. The fourth-order valence-electron chi connectivity index (χ4n) is 3.76. The van der Waals surface area contributed by atoms with Gasteiger partial charge in [0.15, 0.2) is 11.5 Å². The minimum Gasteiger partial charge on any atom is -0.490 e. The summed E-state index contributed by atoms with van der Waals surface area (Å²) in [7, 11) is 0. The van der Waals surface area contributed by atoms with Crippen molar-refractivity contribution in [1.29, 1.82) is 5.26 Å². The van der Waals surface area contributed by atoms with Crippen molar-refractivity contribution in [3.63, 3.8) is 0 Å². The maximum atomic E-state index is 12.9. The van der Waals surface area contributed by atoms with Crippen molar-refractivity contribution in [3.05, 3.63) is 121 Å². The van der Waals surface area contributed by atoms with E-state index in [9.17, 15) is 10.1 Å². The van der Waals surface area contributed by atoms with E-state index < -0.39 is 5.91 Å². The van der Waals surface area contributed by atoms with Crippen molar-refractivity contribution in [3.8, 4) is 23.3 Å². The molecule has 0 aliphatic rings. The molecule has 6 nitrogen and oxygen atoms in total. The van der Waals surface area contributed by atoms with Gasteiger partial charge in [0.25, 0.3) is 5.91 Å². The van der Waals surface area contributed by atoms with E-state index in [1.165, 1.54) is 6.08 Å². The van der Waals surface area contributed by atoms with Gasteiger partial charge < -0.3 is 19.5 Å². The predicted octanol–water partition coefficient (Wildman–Crippen LogP) is 9.40. The maximum Gasteiger partial charge on any atom is 0.266 e. The number of nitrogens with zero attached hydrogens (tertiary/aromatic N) is 1. The zero-order chi connectivity index (χ0) is 30.1. The first-order valence-corrected chi connectivity index (χ1v) is 14.2. The lowest BCUT2D eigenvalue weighted by Crippen LogP contribution is -2.13. The summed E-state index contributed by atoms with van der Waals surface area (Å²) in [4.78, 5) is 12.9. The summed E-state index contributed by atoms with van der Waals surface area (Å²) in [5, 5.41) is 14.3. The highest BCUT2D eigenvalue weighted by Gasteiger charge is 2.16. The Morgan fingerprint density at radius 1 is 0.833 bits per heavy atom. The maximum absolute atomic E-state index is 12.9. The Labute approximate surface area is 263 Å². The van der Waals surface area contributed by atoms with Crippen LogP contribution in [0, 0.1) is 11.3 Å². The molecule has 214 valence electrons. The molecule has 4 rings (SSSR count). The molecule has 0 atom stereocenters. The monoisotopic (exact) mass is 640 g/mol.